The van der Waals surface area contributed by atoms with Gasteiger partial charge in [0.25, 0.3) is 0 Å². The lowest BCUT2D eigenvalue weighted by atomic mass is 9.62. The number of allylic oxidation sites excluding steroid dienone is 2. The van der Waals surface area contributed by atoms with Gasteiger partial charge in [-0.3, -0.25) is 9.59 Å². The van der Waals surface area contributed by atoms with Gasteiger partial charge in [-0.05, 0) is 50.4 Å². The fourth-order valence-electron chi connectivity index (χ4n) is 4.24. The Hall–Kier alpha value is -1.18. The lowest BCUT2D eigenvalue weighted by Gasteiger charge is -2.40. The van der Waals surface area contributed by atoms with E-state index in [1.165, 1.54) is 0 Å². The lowest BCUT2D eigenvalue weighted by molar-refractivity contribution is -0.140. The van der Waals surface area contributed by atoms with Crippen molar-refractivity contribution in [3.8, 4) is 0 Å². The van der Waals surface area contributed by atoms with Crippen molar-refractivity contribution in [3.63, 3.8) is 0 Å². The predicted molar refractivity (Wildman–Crippen MR) is 81.3 cm³/mol. The van der Waals surface area contributed by atoms with Gasteiger partial charge in [0, 0.05) is 24.7 Å². The van der Waals surface area contributed by atoms with Crippen LogP contribution in [0.15, 0.2) is 25.3 Å². The van der Waals surface area contributed by atoms with Crippen molar-refractivity contribution in [3.05, 3.63) is 25.3 Å². The summed E-state index contributed by atoms with van der Waals surface area (Å²) in [5.74, 6) is 1.18. The zero-order valence-corrected chi connectivity index (χ0v) is 12.4. The Morgan fingerprint density at radius 2 is 1.25 bits per heavy atom. The first-order valence-electron chi connectivity index (χ1n) is 7.96. The number of hydrogen-bond donors (Lipinski definition) is 0. The topological polar surface area (TPSA) is 34.1 Å². The first-order valence-corrected chi connectivity index (χ1v) is 7.96. The summed E-state index contributed by atoms with van der Waals surface area (Å²) in [6.07, 6.45) is 10.9. The van der Waals surface area contributed by atoms with E-state index in [1.54, 1.807) is 0 Å². The second kappa shape index (κ2) is 7.01. The molecule has 20 heavy (non-hydrogen) atoms. The molecule has 0 aromatic rings. The summed E-state index contributed by atoms with van der Waals surface area (Å²) in [6.45, 7) is 7.64. The van der Waals surface area contributed by atoms with Crippen molar-refractivity contribution in [2.45, 2.75) is 51.4 Å². The molecule has 0 saturated heterocycles. The minimum atomic E-state index is -0.0560. The van der Waals surface area contributed by atoms with Crippen LogP contribution in [0.1, 0.15) is 51.4 Å². The Morgan fingerprint density at radius 1 is 0.850 bits per heavy atom. The highest BCUT2D eigenvalue weighted by atomic mass is 16.1. The molecule has 0 bridgehead atoms. The van der Waals surface area contributed by atoms with Crippen molar-refractivity contribution in [2.24, 2.45) is 23.7 Å². The van der Waals surface area contributed by atoms with E-state index < -0.39 is 0 Å². The Kier molecular flexibility index (Phi) is 5.33. The molecule has 2 nitrogen and oxygen atoms in total. The van der Waals surface area contributed by atoms with Crippen molar-refractivity contribution >= 4 is 11.6 Å². The number of carbonyl (C=O) groups is 2. The molecule has 0 spiro atoms. The highest BCUT2D eigenvalue weighted by Crippen LogP contribution is 2.43. The van der Waals surface area contributed by atoms with Crippen molar-refractivity contribution in [2.75, 3.05) is 0 Å². The molecule has 2 aliphatic carbocycles. The Morgan fingerprint density at radius 3 is 1.60 bits per heavy atom. The fourth-order valence-corrected chi connectivity index (χ4v) is 4.24. The SMILES string of the molecule is C=CCC1CCCC(=O)C1[C@@H]1C(=O)CCC[C@H]1CC=C. The molecule has 0 aromatic carbocycles. The maximum Gasteiger partial charge on any atom is 0.136 e. The molecule has 0 aliphatic heterocycles. The molecule has 0 heterocycles. The molecule has 0 radical (unpaired) electrons. The average Bonchev–Trinajstić information content (AvgIpc) is 2.42. The maximum atomic E-state index is 12.5. The van der Waals surface area contributed by atoms with Crippen LogP contribution in [0.3, 0.4) is 0 Å². The molecule has 2 heteroatoms. The van der Waals surface area contributed by atoms with Crippen LogP contribution in [0, 0.1) is 23.7 Å². The molecule has 0 aromatic heterocycles. The minimum absolute atomic E-state index is 0.0560. The molecule has 2 unspecified atom stereocenters. The monoisotopic (exact) mass is 274 g/mol. The third-order valence-corrected chi connectivity index (χ3v) is 5.08. The third kappa shape index (κ3) is 3.11. The highest BCUT2D eigenvalue weighted by molar-refractivity contribution is 5.91. The molecule has 2 saturated carbocycles. The number of rotatable bonds is 5. The summed E-state index contributed by atoms with van der Waals surface area (Å²) in [4.78, 5) is 24.9. The first kappa shape index (κ1) is 15.2. The third-order valence-electron chi connectivity index (χ3n) is 5.08. The second-order valence-corrected chi connectivity index (χ2v) is 6.34. The summed E-state index contributed by atoms with van der Waals surface area (Å²) >= 11 is 0. The van der Waals surface area contributed by atoms with Gasteiger partial charge in [-0.2, -0.15) is 0 Å². The van der Waals surface area contributed by atoms with E-state index in [0.717, 1.165) is 38.5 Å². The van der Waals surface area contributed by atoms with Crippen LogP contribution in [0.4, 0.5) is 0 Å². The summed E-state index contributed by atoms with van der Waals surface area (Å²) in [5.41, 5.74) is 0. The van der Waals surface area contributed by atoms with Gasteiger partial charge in [0.2, 0.25) is 0 Å². The van der Waals surface area contributed by atoms with Gasteiger partial charge in [-0.25, -0.2) is 0 Å². The quantitative estimate of drug-likeness (QED) is 0.707. The van der Waals surface area contributed by atoms with Gasteiger partial charge in [-0.15, -0.1) is 13.2 Å². The highest BCUT2D eigenvalue weighted by Gasteiger charge is 2.44. The van der Waals surface area contributed by atoms with Gasteiger partial charge >= 0.3 is 0 Å². The van der Waals surface area contributed by atoms with Crippen molar-refractivity contribution in [1.82, 2.24) is 0 Å². The van der Waals surface area contributed by atoms with E-state index in [-0.39, 0.29) is 11.8 Å². The number of carbonyl (C=O) groups excluding carboxylic acids is 2. The summed E-state index contributed by atoms with van der Waals surface area (Å²) in [5, 5.41) is 0. The molecule has 0 N–H and O–H groups in total. The zero-order chi connectivity index (χ0) is 14.5. The second-order valence-electron chi connectivity index (χ2n) is 6.34. The van der Waals surface area contributed by atoms with Crippen LogP contribution in [0.25, 0.3) is 0 Å². The Labute approximate surface area is 122 Å². The van der Waals surface area contributed by atoms with Gasteiger partial charge in [0.1, 0.15) is 11.6 Å². The normalized spacial score (nSPS) is 34.8. The van der Waals surface area contributed by atoms with Gasteiger partial charge in [0.05, 0.1) is 0 Å². The van der Waals surface area contributed by atoms with E-state index in [9.17, 15) is 9.59 Å². The molecular weight excluding hydrogens is 248 g/mol. The van der Waals surface area contributed by atoms with Crippen LogP contribution in [-0.2, 0) is 9.59 Å². The number of ketones is 2. The maximum absolute atomic E-state index is 12.5. The van der Waals surface area contributed by atoms with Crippen LogP contribution in [0.5, 0.6) is 0 Å². The smallest absolute Gasteiger partial charge is 0.136 e. The summed E-state index contributed by atoms with van der Waals surface area (Å²) in [6, 6.07) is 0. The van der Waals surface area contributed by atoms with Gasteiger partial charge in [-0.1, -0.05) is 12.2 Å². The van der Waals surface area contributed by atoms with Crippen LogP contribution < -0.4 is 0 Å². The van der Waals surface area contributed by atoms with Crippen LogP contribution in [0.2, 0.25) is 0 Å². The van der Waals surface area contributed by atoms with E-state index in [4.69, 9.17) is 0 Å². The van der Waals surface area contributed by atoms with Crippen molar-refractivity contribution < 1.29 is 9.59 Å². The number of Topliss-reactive ketones (excluding diaryl/α,β-unsaturated/α-hetero) is 2. The molecule has 0 amide bonds. The van der Waals surface area contributed by atoms with Crippen molar-refractivity contribution in [1.29, 1.82) is 0 Å². The number of hydrogen-bond acceptors (Lipinski definition) is 2. The predicted octanol–water partition coefficient (Wildman–Crippen LogP) is 4.11. The van der Waals surface area contributed by atoms with E-state index in [2.05, 4.69) is 13.2 Å². The Bertz CT molecular complexity index is 358. The summed E-state index contributed by atoms with van der Waals surface area (Å²) in [7, 11) is 0. The minimum Gasteiger partial charge on any atom is -0.299 e. The molecule has 110 valence electrons. The first-order chi connectivity index (χ1) is 9.69. The average molecular weight is 274 g/mol. The van der Waals surface area contributed by atoms with Crippen LogP contribution in [-0.4, -0.2) is 11.6 Å². The van der Waals surface area contributed by atoms with Gasteiger partial charge < -0.3 is 0 Å². The Balaban J connectivity index is 2.25. The molecule has 2 fully saturated rings. The van der Waals surface area contributed by atoms with E-state index in [0.29, 0.717) is 36.2 Å². The van der Waals surface area contributed by atoms with E-state index >= 15 is 0 Å². The molecule has 2 rings (SSSR count). The standard InChI is InChI=1S/C18H26O2/c1-3-7-13-9-5-11-15(19)17(13)18-14(8-4-2)10-6-12-16(18)20/h3-4,13-14,17-18H,1-2,5-12H2/t13-,14?,17+,18?/m1/s1. The zero-order valence-electron chi connectivity index (χ0n) is 12.4. The van der Waals surface area contributed by atoms with Crippen LogP contribution >= 0.6 is 0 Å². The molecule has 2 aliphatic rings. The molecule has 4 atom stereocenters. The lowest BCUT2D eigenvalue weighted by Crippen LogP contribution is -2.43. The van der Waals surface area contributed by atoms with E-state index in [1.807, 2.05) is 12.2 Å². The molecular formula is C18H26O2. The largest absolute Gasteiger partial charge is 0.299 e. The fraction of sp³-hybridized carbons (Fsp3) is 0.667. The van der Waals surface area contributed by atoms with Gasteiger partial charge in [0.15, 0.2) is 0 Å². The summed E-state index contributed by atoms with van der Waals surface area (Å²) < 4.78 is 0.